The Labute approximate surface area is 310 Å². The van der Waals surface area contributed by atoms with Crippen LogP contribution < -0.4 is 4.89 Å². The topological polar surface area (TPSA) is 111 Å². The fraction of sp³-hybridized carbons (Fsp3) is 0.659. The first-order valence-electron chi connectivity index (χ1n) is 19.1. The van der Waals surface area contributed by atoms with Gasteiger partial charge in [-0.05, 0) is 64.2 Å². The molecule has 51 heavy (non-hydrogen) atoms. The maximum atomic E-state index is 12.5. The van der Waals surface area contributed by atoms with Gasteiger partial charge in [0, 0.05) is 6.42 Å². The number of allylic oxidation sites excluding steroid dienone is 11. The number of phosphoric acid groups is 1. The number of esters is 2. The van der Waals surface area contributed by atoms with Crippen molar-refractivity contribution in [2.75, 3.05) is 47.5 Å². The second kappa shape index (κ2) is 33.3. The highest BCUT2D eigenvalue weighted by atomic mass is 31.2. The predicted molar refractivity (Wildman–Crippen MR) is 208 cm³/mol. The molecule has 0 fully saturated rings. The molecule has 2 atom stereocenters. The number of rotatable bonds is 33. The van der Waals surface area contributed by atoms with E-state index in [-0.39, 0.29) is 26.1 Å². The Morgan fingerprint density at radius 2 is 1.18 bits per heavy atom. The van der Waals surface area contributed by atoms with E-state index in [9.17, 15) is 19.0 Å². The van der Waals surface area contributed by atoms with Crippen molar-refractivity contribution in [2.24, 2.45) is 0 Å². The fourth-order valence-electron chi connectivity index (χ4n) is 4.49. The van der Waals surface area contributed by atoms with Crippen molar-refractivity contribution in [1.29, 1.82) is 0 Å². The van der Waals surface area contributed by atoms with Gasteiger partial charge >= 0.3 is 11.9 Å². The molecular weight excluding hydrogens is 665 g/mol. The first-order valence-corrected chi connectivity index (χ1v) is 20.6. The molecule has 0 aliphatic rings. The van der Waals surface area contributed by atoms with Crippen molar-refractivity contribution in [2.45, 2.75) is 129 Å². The summed E-state index contributed by atoms with van der Waals surface area (Å²) in [7, 11) is 1.09. The SMILES string of the molecule is CC/C=C\C/C=C\C/C=C\C/C=C\C/C=C\CC(=O)OC(COC(=O)CCCCCCC/C=C\CCCCC)COP(=O)([O-])OCC[N+](C)(C)C. The highest BCUT2D eigenvalue weighted by Gasteiger charge is 2.21. The van der Waals surface area contributed by atoms with Crippen LogP contribution in [0.25, 0.3) is 0 Å². The molecule has 0 spiro atoms. The Hall–Kier alpha value is -2.55. The average Bonchev–Trinajstić information content (AvgIpc) is 3.07. The minimum Gasteiger partial charge on any atom is -0.756 e. The van der Waals surface area contributed by atoms with Crippen molar-refractivity contribution < 1.29 is 42.1 Å². The van der Waals surface area contributed by atoms with Gasteiger partial charge in [0.15, 0.2) is 6.10 Å². The maximum absolute atomic E-state index is 12.5. The number of carbonyl (C=O) groups excluding carboxylic acids is 2. The molecule has 0 aromatic rings. The second-order valence-corrected chi connectivity index (χ2v) is 15.0. The molecule has 9 nitrogen and oxygen atoms in total. The maximum Gasteiger partial charge on any atom is 0.310 e. The first-order chi connectivity index (χ1) is 24.5. The van der Waals surface area contributed by atoms with Crippen LogP contribution in [0.1, 0.15) is 123 Å². The smallest absolute Gasteiger partial charge is 0.310 e. The molecule has 10 heteroatoms. The van der Waals surface area contributed by atoms with E-state index >= 15 is 0 Å². The molecule has 0 radical (unpaired) electrons. The summed E-state index contributed by atoms with van der Waals surface area (Å²) in [6, 6.07) is 0. The average molecular weight is 736 g/mol. The van der Waals surface area contributed by atoms with Gasteiger partial charge in [-0.15, -0.1) is 0 Å². The number of quaternary nitrogens is 1. The van der Waals surface area contributed by atoms with E-state index in [1.807, 2.05) is 33.3 Å². The van der Waals surface area contributed by atoms with Gasteiger partial charge in [0.25, 0.3) is 7.82 Å². The number of phosphoric ester groups is 1. The van der Waals surface area contributed by atoms with Crippen molar-refractivity contribution in [3.8, 4) is 0 Å². The monoisotopic (exact) mass is 735 g/mol. The van der Waals surface area contributed by atoms with Gasteiger partial charge in [0.05, 0.1) is 34.2 Å². The Balaban J connectivity index is 4.63. The largest absolute Gasteiger partial charge is 0.756 e. The number of unbranched alkanes of at least 4 members (excludes halogenated alkanes) is 8. The second-order valence-electron chi connectivity index (χ2n) is 13.6. The minimum absolute atomic E-state index is 0.0122. The van der Waals surface area contributed by atoms with Crippen LogP contribution in [0.2, 0.25) is 0 Å². The third-order valence-corrected chi connectivity index (χ3v) is 8.46. The zero-order valence-corrected chi connectivity index (χ0v) is 33.4. The molecular formula is C41H70NO8P. The third-order valence-electron chi connectivity index (χ3n) is 7.49. The molecule has 0 N–H and O–H groups in total. The summed E-state index contributed by atoms with van der Waals surface area (Å²) in [5.41, 5.74) is 0. The summed E-state index contributed by atoms with van der Waals surface area (Å²) >= 11 is 0. The standard InChI is InChI=1S/C41H70NO8P/c1-6-8-10-12-14-16-18-20-21-22-24-26-28-30-32-34-41(44)50-39(38-49-51(45,46)48-36-35-42(3,4)5)37-47-40(43)33-31-29-27-25-23-19-17-15-13-11-9-7-2/h8,10,14-17,20-21,24,26,30,32,39H,6-7,9,11-13,18-19,22-23,25,27-29,31,33-38H2,1-5H3/b10-8-,16-14-,17-15-,21-20-,26-24-,32-30-. The van der Waals surface area contributed by atoms with Crippen LogP contribution in [0.15, 0.2) is 72.9 Å². The van der Waals surface area contributed by atoms with Crippen LogP contribution in [0, 0.1) is 0 Å². The van der Waals surface area contributed by atoms with E-state index in [1.54, 1.807) is 6.08 Å². The highest BCUT2D eigenvalue weighted by molar-refractivity contribution is 7.45. The summed E-state index contributed by atoms with van der Waals surface area (Å²) in [5.74, 6) is -1.00. The number of nitrogens with zero attached hydrogens (tertiary/aromatic N) is 1. The van der Waals surface area contributed by atoms with Gasteiger partial charge in [-0.25, -0.2) is 0 Å². The van der Waals surface area contributed by atoms with E-state index in [0.29, 0.717) is 23.9 Å². The molecule has 0 heterocycles. The minimum atomic E-state index is -4.65. The van der Waals surface area contributed by atoms with Gasteiger partial charge < -0.3 is 27.9 Å². The highest BCUT2D eigenvalue weighted by Crippen LogP contribution is 2.38. The third kappa shape index (κ3) is 37.0. The first kappa shape index (κ1) is 48.5. The van der Waals surface area contributed by atoms with Crippen LogP contribution in [0.3, 0.4) is 0 Å². The van der Waals surface area contributed by atoms with Gasteiger partial charge in [0.1, 0.15) is 19.8 Å². The molecule has 0 aromatic carbocycles. The van der Waals surface area contributed by atoms with Crippen LogP contribution in [-0.2, 0) is 32.7 Å². The lowest BCUT2D eigenvalue weighted by Crippen LogP contribution is -2.37. The molecule has 0 bridgehead atoms. The molecule has 0 amide bonds. The van der Waals surface area contributed by atoms with Crippen LogP contribution in [-0.4, -0.2) is 70.0 Å². The Morgan fingerprint density at radius 1 is 0.647 bits per heavy atom. The number of ether oxygens (including phenoxy) is 2. The fourth-order valence-corrected chi connectivity index (χ4v) is 5.22. The van der Waals surface area contributed by atoms with Gasteiger partial charge in [-0.2, -0.15) is 0 Å². The van der Waals surface area contributed by atoms with E-state index in [0.717, 1.165) is 64.2 Å². The molecule has 0 aromatic heterocycles. The summed E-state index contributed by atoms with van der Waals surface area (Å²) in [5, 5.41) is 0. The molecule has 2 unspecified atom stereocenters. The molecule has 292 valence electrons. The summed E-state index contributed by atoms with van der Waals surface area (Å²) in [4.78, 5) is 37.3. The number of likely N-dealkylation sites (N-methyl/N-ethyl adjacent to an activating group) is 1. The van der Waals surface area contributed by atoms with Gasteiger partial charge in [-0.1, -0.05) is 119 Å². The lowest BCUT2D eigenvalue weighted by molar-refractivity contribution is -0.870. The number of hydrogen-bond acceptors (Lipinski definition) is 8. The molecule has 0 aliphatic heterocycles. The molecule has 0 saturated carbocycles. The molecule has 0 saturated heterocycles. The Kier molecular flexibility index (Phi) is 31.6. The predicted octanol–water partition coefficient (Wildman–Crippen LogP) is 9.66. The van der Waals surface area contributed by atoms with Crippen molar-refractivity contribution >= 4 is 19.8 Å². The van der Waals surface area contributed by atoms with E-state index in [1.165, 1.54) is 19.3 Å². The van der Waals surface area contributed by atoms with Crippen molar-refractivity contribution in [3.63, 3.8) is 0 Å². The molecule has 0 aliphatic carbocycles. The molecule has 0 rings (SSSR count). The summed E-state index contributed by atoms with van der Waals surface area (Å²) < 4.78 is 33.6. The Morgan fingerprint density at radius 3 is 1.75 bits per heavy atom. The normalized spacial score (nSPS) is 14.5. The van der Waals surface area contributed by atoms with Gasteiger partial charge in [-0.3, -0.25) is 14.2 Å². The zero-order valence-electron chi connectivity index (χ0n) is 32.5. The van der Waals surface area contributed by atoms with Crippen molar-refractivity contribution in [1.82, 2.24) is 0 Å². The number of carbonyl (C=O) groups is 2. The Bertz CT molecular complexity index is 1100. The van der Waals surface area contributed by atoms with Gasteiger partial charge in [0.2, 0.25) is 0 Å². The number of hydrogen-bond donors (Lipinski definition) is 0. The summed E-state index contributed by atoms with van der Waals surface area (Å²) in [6.45, 7) is 3.92. The van der Waals surface area contributed by atoms with Crippen LogP contribution >= 0.6 is 7.82 Å². The van der Waals surface area contributed by atoms with E-state index in [2.05, 4.69) is 68.5 Å². The quantitative estimate of drug-likeness (QED) is 0.0215. The zero-order chi connectivity index (χ0) is 37.9. The lowest BCUT2D eigenvalue weighted by Gasteiger charge is -2.28. The van der Waals surface area contributed by atoms with Crippen LogP contribution in [0.4, 0.5) is 0 Å². The van der Waals surface area contributed by atoms with Crippen molar-refractivity contribution in [3.05, 3.63) is 72.9 Å². The van der Waals surface area contributed by atoms with E-state index in [4.69, 9.17) is 18.5 Å². The summed E-state index contributed by atoms with van der Waals surface area (Å²) in [6.07, 6.45) is 39.6. The van der Waals surface area contributed by atoms with Crippen LogP contribution in [0.5, 0.6) is 0 Å². The van der Waals surface area contributed by atoms with E-state index < -0.39 is 32.5 Å². The lowest BCUT2D eigenvalue weighted by atomic mass is 10.1.